The van der Waals surface area contributed by atoms with Crippen LogP contribution >= 0.6 is 0 Å². The lowest BCUT2D eigenvalue weighted by Gasteiger charge is -2.35. The van der Waals surface area contributed by atoms with Crippen LogP contribution in [0, 0.1) is 23.5 Å². The third-order valence-electron chi connectivity index (χ3n) is 6.01. The van der Waals surface area contributed by atoms with Crippen LogP contribution in [-0.2, 0) is 4.79 Å². The SMILES string of the molecule is COc1ccc(F)c(F)c1C(=O)NC1CCC(C(=O)N2CCC(C)CC2)CC1. The monoisotopic (exact) mass is 394 g/mol. The predicted molar refractivity (Wildman–Crippen MR) is 101 cm³/mol. The van der Waals surface area contributed by atoms with Crippen LogP contribution < -0.4 is 10.1 Å². The summed E-state index contributed by atoms with van der Waals surface area (Å²) >= 11 is 0. The molecule has 1 aromatic rings. The van der Waals surface area contributed by atoms with Crippen LogP contribution in [0.3, 0.4) is 0 Å². The van der Waals surface area contributed by atoms with Crippen molar-refractivity contribution in [1.29, 1.82) is 0 Å². The lowest BCUT2D eigenvalue weighted by Crippen LogP contribution is -2.44. The van der Waals surface area contributed by atoms with Crippen molar-refractivity contribution in [3.05, 3.63) is 29.3 Å². The van der Waals surface area contributed by atoms with E-state index in [9.17, 15) is 18.4 Å². The maximum atomic E-state index is 14.1. The van der Waals surface area contributed by atoms with Crippen molar-refractivity contribution < 1.29 is 23.1 Å². The number of benzene rings is 1. The van der Waals surface area contributed by atoms with Gasteiger partial charge in [0, 0.05) is 25.0 Å². The summed E-state index contributed by atoms with van der Waals surface area (Å²) in [6, 6.07) is 2.01. The lowest BCUT2D eigenvalue weighted by molar-refractivity contribution is -0.138. The number of methoxy groups -OCH3 is 1. The molecule has 0 unspecified atom stereocenters. The second-order valence-corrected chi connectivity index (χ2v) is 7.97. The minimum Gasteiger partial charge on any atom is -0.496 e. The largest absolute Gasteiger partial charge is 0.496 e. The second kappa shape index (κ2) is 8.88. The minimum atomic E-state index is -1.21. The van der Waals surface area contributed by atoms with Gasteiger partial charge in [0.1, 0.15) is 11.3 Å². The van der Waals surface area contributed by atoms with Crippen molar-refractivity contribution in [2.45, 2.75) is 51.5 Å². The Kier molecular flexibility index (Phi) is 6.52. The molecule has 1 aromatic carbocycles. The van der Waals surface area contributed by atoms with Crippen molar-refractivity contribution in [3.63, 3.8) is 0 Å². The number of carbonyl (C=O) groups is 2. The Morgan fingerprint density at radius 2 is 1.71 bits per heavy atom. The van der Waals surface area contributed by atoms with Gasteiger partial charge in [-0.3, -0.25) is 9.59 Å². The average molecular weight is 394 g/mol. The van der Waals surface area contributed by atoms with Crippen molar-refractivity contribution in [1.82, 2.24) is 10.2 Å². The third-order valence-corrected chi connectivity index (χ3v) is 6.01. The summed E-state index contributed by atoms with van der Waals surface area (Å²) in [5.74, 6) is -2.10. The fourth-order valence-corrected chi connectivity index (χ4v) is 4.14. The number of nitrogens with one attached hydrogen (secondary N) is 1. The molecular formula is C21H28F2N2O3. The summed E-state index contributed by atoms with van der Waals surface area (Å²) in [7, 11) is 1.31. The van der Waals surface area contributed by atoms with E-state index in [-0.39, 0.29) is 23.6 Å². The van der Waals surface area contributed by atoms with Crippen LogP contribution in [0.15, 0.2) is 12.1 Å². The topological polar surface area (TPSA) is 58.6 Å². The van der Waals surface area contributed by atoms with Crippen LogP contribution in [0.2, 0.25) is 0 Å². The van der Waals surface area contributed by atoms with Gasteiger partial charge in [0.2, 0.25) is 5.91 Å². The van der Waals surface area contributed by atoms with Crippen molar-refractivity contribution in [2.24, 2.45) is 11.8 Å². The first-order chi connectivity index (χ1) is 13.4. The van der Waals surface area contributed by atoms with E-state index in [1.807, 2.05) is 4.90 Å². The zero-order valence-corrected chi connectivity index (χ0v) is 16.5. The number of halogens is 2. The molecule has 1 saturated heterocycles. The number of hydrogen-bond donors (Lipinski definition) is 1. The molecule has 1 heterocycles. The number of amides is 2. The van der Waals surface area contributed by atoms with Crippen molar-refractivity contribution in [2.75, 3.05) is 20.2 Å². The van der Waals surface area contributed by atoms with E-state index in [0.29, 0.717) is 31.6 Å². The number of rotatable bonds is 4. The summed E-state index contributed by atoms with van der Waals surface area (Å²) < 4.78 is 32.6. The first-order valence-electron chi connectivity index (χ1n) is 10.0. The van der Waals surface area contributed by atoms with Crippen LogP contribution in [0.25, 0.3) is 0 Å². The minimum absolute atomic E-state index is 0.000379. The standard InChI is InChI=1S/C21H28F2N2O3/c1-13-9-11-25(12-10-13)21(27)14-3-5-15(6-4-14)24-20(26)18-17(28-2)8-7-16(22)19(18)23/h7-8,13-15H,3-6,9-12H2,1-2H3,(H,24,26). The Bertz CT molecular complexity index is 725. The van der Waals surface area contributed by atoms with Gasteiger partial charge < -0.3 is 15.0 Å². The molecule has 0 spiro atoms. The Balaban J connectivity index is 1.55. The Morgan fingerprint density at radius 3 is 2.32 bits per heavy atom. The molecule has 1 saturated carbocycles. The molecule has 154 valence electrons. The molecular weight excluding hydrogens is 366 g/mol. The van der Waals surface area contributed by atoms with Gasteiger partial charge >= 0.3 is 0 Å². The molecule has 28 heavy (non-hydrogen) atoms. The molecule has 2 fully saturated rings. The summed E-state index contributed by atoms with van der Waals surface area (Å²) in [5.41, 5.74) is -0.414. The highest BCUT2D eigenvalue weighted by atomic mass is 19.2. The smallest absolute Gasteiger partial charge is 0.258 e. The van der Waals surface area contributed by atoms with Crippen LogP contribution in [-0.4, -0.2) is 43.0 Å². The molecule has 2 aliphatic rings. The fraction of sp³-hybridized carbons (Fsp3) is 0.619. The van der Waals surface area contributed by atoms with E-state index in [4.69, 9.17) is 4.74 Å². The Labute approximate surface area is 164 Å². The summed E-state index contributed by atoms with van der Waals surface area (Å²) in [6.07, 6.45) is 4.78. The van der Waals surface area contributed by atoms with Crippen LogP contribution in [0.5, 0.6) is 5.75 Å². The number of ether oxygens (including phenoxy) is 1. The van der Waals surface area contributed by atoms with Gasteiger partial charge in [0.05, 0.1) is 7.11 Å². The maximum Gasteiger partial charge on any atom is 0.258 e. The fourth-order valence-electron chi connectivity index (χ4n) is 4.14. The van der Waals surface area contributed by atoms with Crippen LogP contribution in [0.1, 0.15) is 55.8 Å². The van der Waals surface area contributed by atoms with Gasteiger partial charge in [-0.25, -0.2) is 8.78 Å². The molecule has 0 radical (unpaired) electrons. The number of piperidine rings is 1. The predicted octanol–water partition coefficient (Wildman–Crippen LogP) is 3.52. The van der Waals surface area contributed by atoms with Gasteiger partial charge in [-0.1, -0.05) is 6.92 Å². The summed E-state index contributed by atoms with van der Waals surface area (Å²) in [5, 5.41) is 2.77. The van der Waals surface area contributed by atoms with Crippen molar-refractivity contribution >= 4 is 11.8 Å². The molecule has 3 rings (SSSR count). The van der Waals surface area contributed by atoms with E-state index in [2.05, 4.69) is 12.2 Å². The quantitative estimate of drug-likeness (QED) is 0.850. The average Bonchev–Trinajstić information content (AvgIpc) is 2.70. The molecule has 0 atom stereocenters. The van der Waals surface area contributed by atoms with E-state index in [0.717, 1.165) is 32.0 Å². The Hall–Kier alpha value is -2.18. The van der Waals surface area contributed by atoms with Crippen molar-refractivity contribution in [3.8, 4) is 5.75 Å². The second-order valence-electron chi connectivity index (χ2n) is 7.97. The molecule has 1 N–H and O–H groups in total. The van der Waals surface area contributed by atoms with E-state index in [1.54, 1.807) is 0 Å². The molecule has 7 heteroatoms. The highest BCUT2D eigenvalue weighted by Gasteiger charge is 2.32. The molecule has 2 amide bonds. The highest BCUT2D eigenvalue weighted by molar-refractivity contribution is 5.97. The number of likely N-dealkylation sites (tertiary alicyclic amines) is 1. The van der Waals surface area contributed by atoms with Gasteiger partial charge in [-0.2, -0.15) is 0 Å². The normalized spacial score (nSPS) is 23.4. The third kappa shape index (κ3) is 4.45. The molecule has 0 aromatic heterocycles. The van der Waals surface area contributed by atoms with Gasteiger partial charge in [0.25, 0.3) is 5.91 Å². The highest BCUT2D eigenvalue weighted by Crippen LogP contribution is 2.29. The zero-order chi connectivity index (χ0) is 20.3. The zero-order valence-electron chi connectivity index (χ0n) is 16.5. The van der Waals surface area contributed by atoms with Gasteiger partial charge in [-0.05, 0) is 56.6 Å². The van der Waals surface area contributed by atoms with E-state index < -0.39 is 23.1 Å². The van der Waals surface area contributed by atoms with Gasteiger partial charge in [0.15, 0.2) is 11.6 Å². The summed E-state index contributed by atoms with van der Waals surface area (Å²) in [6.45, 7) is 3.87. The summed E-state index contributed by atoms with van der Waals surface area (Å²) in [4.78, 5) is 27.2. The number of carbonyl (C=O) groups excluding carboxylic acids is 2. The molecule has 5 nitrogen and oxygen atoms in total. The van der Waals surface area contributed by atoms with E-state index >= 15 is 0 Å². The number of nitrogens with zero attached hydrogens (tertiary/aromatic N) is 1. The maximum absolute atomic E-state index is 14.1. The van der Waals surface area contributed by atoms with E-state index in [1.165, 1.54) is 13.2 Å². The first kappa shape index (κ1) is 20.6. The van der Waals surface area contributed by atoms with Crippen LogP contribution in [0.4, 0.5) is 8.78 Å². The number of hydrogen-bond acceptors (Lipinski definition) is 3. The Morgan fingerprint density at radius 1 is 1.07 bits per heavy atom. The molecule has 1 aliphatic carbocycles. The molecule has 0 bridgehead atoms. The lowest BCUT2D eigenvalue weighted by atomic mass is 9.84. The molecule has 1 aliphatic heterocycles. The van der Waals surface area contributed by atoms with Gasteiger partial charge in [-0.15, -0.1) is 0 Å². The first-order valence-corrected chi connectivity index (χ1v) is 10.0.